The van der Waals surface area contributed by atoms with Gasteiger partial charge in [-0.2, -0.15) is 0 Å². The summed E-state index contributed by atoms with van der Waals surface area (Å²) in [4.78, 5) is 26.5. The molecule has 3 aromatic rings. The molecule has 0 unspecified atom stereocenters. The molecule has 0 aliphatic carbocycles. The predicted octanol–water partition coefficient (Wildman–Crippen LogP) is 3.46. The lowest BCUT2D eigenvalue weighted by Gasteiger charge is -2.07. The van der Waals surface area contributed by atoms with Crippen LogP contribution in [0.5, 0.6) is 0 Å². The number of pyridine rings is 1. The van der Waals surface area contributed by atoms with Crippen LogP contribution in [0, 0.1) is 6.92 Å². The molecule has 2 aromatic carbocycles. The Morgan fingerprint density at radius 2 is 1.88 bits per heavy atom. The molecule has 0 aliphatic heterocycles. The molecule has 122 valence electrons. The van der Waals surface area contributed by atoms with E-state index in [2.05, 4.69) is 10.3 Å². The smallest absolute Gasteiger partial charge is 0.251 e. The molecule has 0 atom stereocenters. The van der Waals surface area contributed by atoms with Crippen LogP contribution in [0.1, 0.15) is 21.5 Å². The van der Waals surface area contributed by atoms with Gasteiger partial charge in [0.15, 0.2) is 0 Å². The van der Waals surface area contributed by atoms with E-state index in [-0.39, 0.29) is 11.5 Å². The molecule has 4 nitrogen and oxygen atoms in total. The van der Waals surface area contributed by atoms with Gasteiger partial charge in [-0.3, -0.25) is 9.59 Å². The van der Waals surface area contributed by atoms with Crippen molar-refractivity contribution in [3.63, 3.8) is 0 Å². The first-order chi connectivity index (χ1) is 11.5. The van der Waals surface area contributed by atoms with Crippen LogP contribution in [-0.4, -0.2) is 17.4 Å². The van der Waals surface area contributed by atoms with Crippen LogP contribution in [-0.2, 0) is 6.42 Å². The standard InChI is InChI=1S/C19H17ClN2O2/c1-12-10-15-11-13(2-7-17(15)22-18(12)23)8-9-21-19(24)14-3-5-16(20)6-4-14/h2-7,10-11H,8-9H2,1H3,(H,21,24)(H,22,23). The quantitative estimate of drug-likeness (QED) is 0.764. The van der Waals surface area contributed by atoms with E-state index in [1.165, 1.54) is 0 Å². The number of benzene rings is 2. The zero-order chi connectivity index (χ0) is 17.1. The van der Waals surface area contributed by atoms with Gasteiger partial charge in [0, 0.05) is 28.2 Å². The third-order valence-electron chi connectivity index (χ3n) is 3.90. The minimum absolute atomic E-state index is 0.0644. The Morgan fingerprint density at radius 1 is 1.12 bits per heavy atom. The number of hydrogen-bond donors (Lipinski definition) is 2. The van der Waals surface area contributed by atoms with Crippen molar-refractivity contribution in [1.82, 2.24) is 10.3 Å². The van der Waals surface area contributed by atoms with E-state index in [0.29, 0.717) is 29.1 Å². The van der Waals surface area contributed by atoms with Crippen molar-refractivity contribution in [2.24, 2.45) is 0 Å². The van der Waals surface area contributed by atoms with Crippen LogP contribution in [0.3, 0.4) is 0 Å². The Hall–Kier alpha value is -2.59. The van der Waals surface area contributed by atoms with Gasteiger partial charge in [-0.05, 0) is 66.8 Å². The van der Waals surface area contributed by atoms with Crippen molar-refractivity contribution in [2.45, 2.75) is 13.3 Å². The van der Waals surface area contributed by atoms with Gasteiger partial charge in [-0.15, -0.1) is 0 Å². The first kappa shape index (κ1) is 16.3. The van der Waals surface area contributed by atoms with Crippen molar-refractivity contribution in [3.8, 4) is 0 Å². The average Bonchev–Trinajstić information content (AvgIpc) is 2.56. The number of nitrogens with one attached hydrogen (secondary N) is 2. The monoisotopic (exact) mass is 340 g/mol. The minimum Gasteiger partial charge on any atom is -0.352 e. The fourth-order valence-corrected chi connectivity index (χ4v) is 2.67. The highest BCUT2D eigenvalue weighted by Gasteiger charge is 2.05. The summed E-state index contributed by atoms with van der Waals surface area (Å²) in [6.07, 6.45) is 0.716. The number of fused-ring (bicyclic) bond motifs is 1. The van der Waals surface area contributed by atoms with E-state index in [4.69, 9.17) is 11.6 Å². The van der Waals surface area contributed by atoms with Gasteiger partial charge >= 0.3 is 0 Å². The normalized spacial score (nSPS) is 10.8. The second kappa shape index (κ2) is 6.89. The molecule has 3 rings (SSSR count). The summed E-state index contributed by atoms with van der Waals surface area (Å²) < 4.78 is 0. The van der Waals surface area contributed by atoms with Gasteiger partial charge in [0.25, 0.3) is 11.5 Å². The fourth-order valence-electron chi connectivity index (χ4n) is 2.54. The molecule has 1 amide bonds. The molecule has 0 bridgehead atoms. The SMILES string of the molecule is Cc1cc2cc(CCNC(=O)c3ccc(Cl)cc3)ccc2[nH]c1=O. The summed E-state index contributed by atoms with van der Waals surface area (Å²) >= 11 is 5.82. The Bertz CT molecular complexity index is 946. The number of rotatable bonds is 4. The molecule has 0 spiro atoms. The molecule has 0 radical (unpaired) electrons. The lowest BCUT2D eigenvalue weighted by atomic mass is 10.1. The zero-order valence-electron chi connectivity index (χ0n) is 13.2. The van der Waals surface area contributed by atoms with Gasteiger partial charge in [-0.1, -0.05) is 17.7 Å². The fraction of sp³-hybridized carbons (Fsp3) is 0.158. The summed E-state index contributed by atoms with van der Waals surface area (Å²) in [6.45, 7) is 2.33. The molecule has 1 aromatic heterocycles. The third-order valence-corrected chi connectivity index (χ3v) is 4.15. The van der Waals surface area contributed by atoms with Crippen molar-refractivity contribution in [1.29, 1.82) is 0 Å². The number of H-pyrrole nitrogens is 1. The highest BCUT2D eigenvalue weighted by molar-refractivity contribution is 6.30. The Morgan fingerprint density at radius 3 is 2.62 bits per heavy atom. The van der Waals surface area contributed by atoms with Crippen LogP contribution >= 0.6 is 11.6 Å². The lowest BCUT2D eigenvalue weighted by Crippen LogP contribution is -2.25. The second-order valence-electron chi connectivity index (χ2n) is 5.72. The first-order valence-electron chi connectivity index (χ1n) is 7.69. The minimum atomic E-state index is -0.118. The molecule has 24 heavy (non-hydrogen) atoms. The van der Waals surface area contributed by atoms with Crippen LogP contribution < -0.4 is 10.9 Å². The summed E-state index contributed by atoms with van der Waals surface area (Å²) in [5.41, 5.74) is 3.14. The van der Waals surface area contributed by atoms with Crippen molar-refractivity contribution in [2.75, 3.05) is 6.54 Å². The van der Waals surface area contributed by atoms with Crippen LogP contribution in [0.15, 0.2) is 53.3 Å². The van der Waals surface area contributed by atoms with Gasteiger partial charge in [0.1, 0.15) is 0 Å². The topological polar surface area (TPSA) is 62.0 Å². The molecule has 2 N–H and O–H groups in total. The maximum Gasteiger partial charge on any atom is 0.251 e. The number of amides is 1. The highest BCUT2D eigenvalue weighted by atomic mass is 35.5. The Kier molecular flexibility index (Phi) is 4.67. The molecular formula is C19H17ClN2O2. The summed E-state index contributed by atoms with van der Waals surface area (Å²) in [7, 11) is 0. The number of aryl methyl sites for hydroxylation is 1. The molecular weight excluding hydrogens is 324 g/mol. The maximum absolute atomic E-state index is 12.0. The van der Waals surface area contributed by atoms with Gasteiger partial charge < -0.3 is 10.3 Å². The highest BCUT2D eigenvalue weighted by Crippen LogP contribution is 2.14. The largest absolute Gasteiger partial charge is 0.352 e. The number of aromatic nitrogens is 1. The van der Waals surface area contributed by atoms with Crippen LogP contribution in [0.25, 0.3) is 10.9 Å². The first-order valence-corrected chi connectivity index (χ1v) is 8.07. The number of carbonyl (C=O) groups excluding carboxylic acids is 1. The Labute approximate surface area is 144 Å². The summed E-state index contributed by atoms with van der Waals surface area (Å²) in [5.74, 6) is -0.118. The molecule has 0 aliphatic rings. The van der Waals surface area contributed by atoms with E-state index < -0.39 is 0 Å². The number of halogens is 1. The third kappa shape index (κ3) is 3.66. The number of carbonyl (C=O) groups is 1. The molecule has 0 saturated carbocycles. The molecule has 0 saturated heterocycles. The maximum atomic E-state index is 12.0. The van der Waals surface area contributed by atoms with Gasteiger partial charge in [-0.25, -0.2) is 0 Å². The van der Waals surface area contributed by atoms with E-state index in [0.717, 1.165) is 16.5 Å². The summed E-state index contributed by atoms with van der Waals surface area (Å²) in [5, 5.41) is 4.50. The van der Waals surface area contributed by atoms with Crippen molar-refractivity contribution >= 4 is 28.4 Å². The van der Waals surface area contributed by atoms with E-state index >= 15 is 0 Å². The summed E-state index contributed by atoms with van der Waals surface area (Å²) in [6, 6.07) is 14.6. The Balaban J connectivity index is 1.65. The van der Waals surface area contributed by atoms with Crippen molar-refractivity contribution < 1.29 is 4.79 Å². The lowest BCUT2D eigenvalue weighted by molar-refractivity contribution is 0.0954. The van der Waals surface area contributed by atoms with Gasteiger partial charge in [0.2, 0.25) is 0 Å². The molecule has 5 heteroatoms. The van der Waals surface area contributed by atoms with E-state index in [1.807, 2.05) is 24.3 Å². The van der Waals surface area contributed by atoms with Crippen LogP contribution in [0.2, 0.25) is 5.02 Å². The van der Waals surface area contributed by atoms with Gasteiger partial charge in [0.05, 0.1) is 0 Å². The number of aromatic amines is 1. The molecule has 1 heterocycles. The molecule has 0 fully saturated rings. The predicted molar refractivity (Wildman–Crippen MR) is 96.8 cm³/mol. The van der Waals surface area contributed by atoms with Crippen molar-refractivity contribution in [3.05, 3.63) is 80.6 Å². The van der Waals surface area contributed by atoms with Crippen LogP contribution in [0.4, 0.5) is 0 Å². The van der Waals surface area contributed by atoms with E-state index in [9.17, 15) is 9.59 Å². The zero-order valence-corrected chi connectivity index (χ0v) is 14.0. The number of hydrogen-bond acceptors (Lipinski definition) is 2. The van der Waals surface area contributed by atoms with E-state index in [1.54, 1.807) is 31.2 Å². The average molecular weight is 341 g/mol. The second-order valence-corrected chi connectivity index (χ2v) is 6.15.